The van der Waals surface area contributed by atoms with E-state index >= 15 is 9.59 Å². The number of rotatable bonds is 26. The number of nitrogens with one attached hydrogen (secondary N) is 1. The maximum atomic E-state index is 15.9. The van der Waals surface area contributed by atoms with Gasteiger partial charge in [-0.1, -0.05) is 179 Å². The lowest BCUT2D eigenvalue weighted by Gasteiger charge is -2.67. The van der Waals surface area contributed by atoms with Crippen LogP contribution in [0.15, 0.2) is 182 Å². The first-order chi connectivity index (χ1) is 40.7. The third kappa shape index (κ3) is 14.9. The van der Waals surface area contributed by atoms with Crippen molar-refractivity contribution < 1.29 is 67.4 Å². The third-order valence-corrected chi connectivity index (χ3v) is 16.9. The smallest absolute Gasteiger partial charge is 0.350 e. The van der Waals surface area contributed by atoms with E-state index in [4.69, 9.17) is 28.4 Å². The molecule has 1 aliphatic heterocycles. The van der Waals surface area contributed by atoms with E-state index in [0.29, 0.717) is 17.5 Å². The van der Waals surface area contributed by atoms with Gasteiger partial charge in [-0.2, -0.15) is 0 Å². The van der Waals surface area contributed by atoms with Gasteiger partial charge in [-0.3, -0.25) is 24.0 Å². The molecule has 0 radical (unpaired) electrons. The van der Waals surface area contributed by atoms with Crippen molar-refractivity contribution in [2.75, 3.05) is 6.61 Å². The summed E-state index contributed by atoms with van der Waals surface area (Å²) in [5, 5.41) is 29.4. The molecule has 1 amide bonds. The van der Waals surface area contributed by atoms with Gasteiger partial charge in [0.05, 0.1) is 24.0 Å². The Bertz CT molecular complexity index is 3070. The Labute approximate surface area is 500 Å². The fraction of sp³-hybridized carbons (Fsp3) is 0.429. The molecule has 3 N–H and O–H groups in total. The molecule has 0 spiro atoms. The Hall–Kier alpha value is -7.72. The number of allylic oxidation sites excluding steroid dienone is 12. The fourth-order valence-electron chi connectivity index (χ4n) is 12.4. The van der Waals surface area contributed by atoms with Crippen LogP contribution in [-0.2, 0) is 52.4 Å². The molecule has 2 bridgehead atoms. The van der Waals surface area contributed by atoms with Crippen molar-refractivity contribution in [2.45, 2.75) is 167 Å². The minimum Gasteiger partial charge on any atom is -0.487 e. The lowest BCUT2D eigenvalue weighted by molar-refractivity contribution is -0.345. The number of benzene rings is 3. The molecule has 1 heterocycles. The van der Waals surface area contributed by atoms with Gasteiger partial charge in [0.25, 0.3) is 5.91 Å². The van der Waals surface area contributed by atoms with Gasteiger partial charge in [-0.25, -0.2) is 4.79 Å². The van der Waals surface area contributed by atoms with Crippen molar-refractivity contribution in [1.82, 2.24) is 5.32 Å². The van der Waals surface area contributed by atoms with Crippen molar-refractivity contribution in [3.63, 3.8) is 0 Å². The van der Waals surface area contributed by atoms with Gasteiger partial charge in [-0.05, 0) is 87.6 Å². The Morgan fingerprint density at radius 3 is 1.78 bits per heavy atom. The predicted molar refractivity (Wildman–Crippen MR) is 324 cm³/mol. The maximum Gasteiger partial charge on any atom is 0.350 e. The molecule has 3 aliphatic carbocycles. The Morgan fingerprint density at radius 2 is 1.26 bits per heavy atom. The Morgan fingerprint density at radius 1 is 0.729 bits per heavy atom. The number of esters is 4. The van der Waals surface area contributed by atoms with Crippen LogP contribution in [0.3, 0.4) is 0 Å². The SMILES string of the molecule is C=C(O[C@@H]1[C@H]2[C@]3(OC(C)=O)CO[C@@H]3C[C@H](O)[C@@]2(C)C(=O)[C@H](OC(C)=O)C2=C(C)C(OC(=O)C(OC(=O)CC/C=C\C/C=C\C/C=C\C/C=C\C/C=C\C/C=C\CC)C(NC(=O)c3ccccc3)c3ccccc3)C[C@]1(O)C2(C)C)c1ccccc1. The zero-order chi connectivity index (χ0) is 61.4. The number of amides is 1. The molecule has 2 saturated carbocycles. The van der Waals surface area contributed by atoms with Gasteiger partial charge in [0.15, 0.2) is 17.5 Å². The monoisotopic (exact) mass is 1160 g/mol. The zero-order valence-electron chi connectivity index (χ0n) is 50.0. The van der Waals surface area contributed by atoms with E-state index in [1.165, 1.54) is 13.8 Å². The fourth-order valence-corrected chi connectivity index (χ4v) is 12.4. The summed E-state index contributed by atoms with van der Waals surface area (Å²) in [7, 11) is 0. The number of ketones is 1. The number of fused-ring (bicyclic) bond motifs is 5. The van der Waals surface area contributed by atoms with E-state index in [-0.39, 0.29) is 48.3 Å². The number of aliphatic hydroxyl groups is 2. The highest BCUT2D eigenvalue weighted by Crippen LogP contribution is 2.65. The van der Waals surface area contributed by atoms with Crippen LogP contribution < -0.4 is 5.32 Å². The van der Waals surface area contributed by atoms with Crippen LogP contribution in [0.2, 0.25) is 0 Å². The Kier molecular flexibility index (Phi) is 22.4. The minimum absolute atomic E-state index is 0.0498. The quantitative estimate of drug-likeness (QED) is 0.0296. The van der Waals surface area contributed by atoms with Crippen molar-refractivity contribution in [2.24, 2.45) is 16.7 Å². The second-order valence-electron chi connectivity index (χ2n) is 22.9. The summed E-state index contributed by atoms with van der Waals surface area (Å²) in [6.07, 6.45) is 20.4. The molecular formula is C70H83NO14. The predicted octanol–water partition coefficient (Wildman–Crippen LogP) is 11.6. The Balaban J connectivity index is 1.21. The summed E-state index contributed by atoms with van der Waals surface area (Å²) in [4.78, 5) is 86.3. The minimum atomic E-state index is -2.30. The third-order valence-electron chi connectivity index (χ3n) is 16.9. The second-order valence-corrected chi connectivity index (χ2v) is 22.9. The van der Waals surface area contributed by atoms with Crippen LogP contribution in [0, 0.1) is 16.7 Å². The molecule has 85 heavy (non-hydrogen) atoms. The summed E-state index contributed by atoms with van der Waals surface area (Å²) >= 11 is 0. The number of Topliss-reactive ketones (excluding diaryl/α,β-unsaturated/α-hetero) is 1. The second kappa shape index (κ2) is 29.4. The van der Waals surface area contributed by atoms with E-state index in [0.717, 1.165) is 39.0 Å². The number of aliphatic hydroxyl groups excluding tert-OH is 1. The van der Waals surface area contributed by atoms with E-state index in [9.17, 15) is 29.4 Å². The number of hydrogen-bond acceptors (Lipinski definition) is 14. The van der Waals surface area contributed by atoms with Crippen molar-refractivity contribution in [3.8, 4) is 0 Å². The van der Waals surface area contributed by atoms with Crippen LogP contribution in [0.4, 0.5) is 0 Å². The molecule has 15 nitrogen and oxygen atoms in total. The molecule has 452 valence electrons. The molecule has 3 fully saturated rings. The highest BCUT2D eigenvalue weighted by Gasteiger charge is 2.78. The molecule has 15 heteroatoms. The van der Waals surface area contributed by atoms with Crippen LogP contribution in [-0.4, -0.2) is 100 Å². The molecule has 1 saturated heterocycles. The number of carbonyl (C=O) groups is 6. The van der Waals surface area contributed by atoms with E-state index in [2.05, 4.69) is 73.5 Å². The topological polar surface area (TPSA) is 210 Å². The summed E-state index contributed by atoms with van der Waals surface area (Å²) in [5.41, 5.74) is -6.20. The van der Waals surface area contributed by atoms with Crippen molar-refractivity contribution >= 4 is 41.3 Å². The van der Waals surface area contributed by atoms with Gasteiger partial charge in [-0.15, -0.1) is 0 Å². The highest BCUT2D eigenvalue weighted by molar-refractivity contribution is 5.96. The van der Waals surface area contributed by atoms with Crippen LogP contribution in [0.25, 0.3) is 5.76 Å². The van der Waals surface area contributed by atoms with Crippen molar-refractivity contribution in [3.05, 3.63) is 198 Å². The summed E-state index contributed by atoms with van der Waals surface area (Å²) in [6, 6.07) is 24.3. The number of hydrogen-bond donors (Lipinski definition) is 3. The van der Waals surface area contributed by atoms with Gasteiger partial charge in [0.2, 0.25) is 6.10 Å². The number of carbonyl (C=O) groups excluding carboxylic acids is 6. The largest absolute Gasteiger partial charge is 0.487 e. The lowest BCUT2D eigenvalue weighted by Crippen LogP contribution is -2.81. The van der Waals surface area contributed by atoms with E-state index in [1.54, 1.807) is 112 Å². The van der Waals surface area contributed by atoms with Crippen LogP contribution >= 0.6 is 0 Å². The zero-order valence-corrected chi connectivity index (χ0v) is 50.0. The highest BCUT2D eigenvalue weighted by atomic mass is 16.6. The molecule has 3 aromatic rings. The molecule has 3 aromatic carbocycles. The molecule has 11 atom stereocenters. The van der Waals surface area contributed by atoms with Crippen LogP contribution in [0.1, 0.15) is 140 Å². The first-order valence-electron chi connectivity index (χ1n) is 29.5. The molecule has 0 aromatic heterocycles. The van der Waals surface area contributed by atoms with E-state index in [1.807, 2.05) is 18.2 Å². The molecule has 3 unspecified atom stereocenters. The first-order valence-corrected chi connectivity index (χ1v) is 29.5. The molecule has 7 rings (SSSR count). The average molecular weight is 1160 g/mol. The maximum absolute atomic E-state index is 15.9. The average Bonchev–Trinajstić information content (AvgIpc) is 0.862. The standard InChI is InChI=1S/C70H83NO14/c1-9-10-11-12-13-14-15-16-17-18-19-20-21-22-23-24-25-26-36-43-57(75)84-61(59(52-39-32-28-33-40-52)71-65(77)53-41-34-29-35-42-53)66(78)83-54-45-70(79)64(81-48(3)51-37-30-27-31-38-51)62-68(8,55(74)44-56-69(62,46-80-56)85-50(5)73)63(76)60(82-49(4)72)58(47(54)2)67(70,6)7/h10-11,13-14,16-17,19-20,22-23,25-35,37-42,54-56,59-62,64,74,79H,3,9,12,15,18,21,24,36,43-46H2,1-2,4-8H3,(H,71,77)/b11-10-,14-13-,17-16-,20-19-,23-22-,26-25-/t54?,55-,56+,59?,60+,61?,62+,64+,68+,69-,70+/m0/s1. The van der Waals surface area contributed by atoms with Gasteiger partial charge < -0.3 is 44.0 Å². The van der Waals surface area contributed by atoms with Gasteiger partial charge in [0.1, 0.15) is 35.7 Å². The first kappa shape index (κ1) is 64.8. The number of ether oxygens (including phenoxy) is 6. The lowest BCUT2D eigenvalue weighted by atomic mass is 9.44. The molecular weight excluding hydrogens is 1080 g/mol. The van der Waals surface area contributed by atoms with Crippen LogP contribution in [0.5, 0.6) is 0 Å². The summed E-state index contributed by atoms with van der Waals surface area (Å²) in [5.74, 6) is -6.29. The summed E-state index contributed by atoms with van der Waals surface area (Å²) in [6.45, 7) is 14.8. The normalized spacial score (nSPS) is 27.0. The molecule has 4 aliphatic rings. The summed E-state index contributed by atoms with van der Waals surface area (Å²) < 4.78 is 38.0. The van der Waals surface area contributed by atoms with Crippen molar-refractivity contribution in [1.29, 1.82) is 0 Å². The van der Waals surface area contributed by atoms with Gasteiger partial charge in [0, 0.05) is 49.7 Å². The van der Waals surface area contributed by atoms with E-state index < -0.39 is 113 Å². The van der Waals surface area contributed by atoms with Gasteiger partial charge >= 0.3 is 23.9 Å².